The fourth-order valence-corrected chi connectivity index (χ4v) is 2.14. The highest BCUT2D eigenvalue weighted by Crippen LogP contribution is 2.24. The van der Waals surface area contributed by atoms with Gasteiger partial charge in [-0.05, 0) is 29.3 Å². The lowest BCUT2D eigenvalue weighted by Crippen LogP contribution is -2.01. The van der Waals surface area contributed by atoms with Gasteiger partial charge in [-0.25, -0.2) is 4.98 Å². The van der Waals surface area contributed by atoms with Gasteiger partial charge in [-0.3, -0.25) is 0 Å². The Hall–Kier alpha value is -2.79. The van der Waals surface area contributed by atoms with Crippen molar-refractivity contribution in [2.75, 3.05) is 11.1 Å². The van der Waals surface area contributed by atoms with Crippen LogP contribution < -0.4 is 15.8 Å². The Labute approximate surface area is 139 Å². The Balaban J connectivity index is 1.71. The van der Waals surface area contributed by atoms with E-state index in [0.717, 1.165) is 17.0 Å². The van der Waals surface area contributed by atoms with Crippen LogP contribution in [0.3, 0.4) is 0 Å². The van der Waals surface area contributed by atoms with Gasteiger partial charge in [0.25, 0.3) is 0 Å². The van der Waals surface area contributed by atoms with Gasteiger partial charge in [-0.2, -0.15) is 4.98 Å². The first-order valence-corrected chi connectivity index (χ1v) is 7.40. The third-order valence-corrected chi connectivity index (χ3v) is 3.31. The molecule has 6 heteroatoms. The summed E-state index contributed by atoms with van der Waals surface area (Å²) in [4.78, 5) is 7.89. The van der Waals surface area contributed by atoms with E-state index in [0.29, 0.717) is 18.1 Å². The molecule has 0 spiro atoms. The SMILES string of the molecule is Nc1cnc(Cl)nc1Nc1cccc(OCc2ccccc2)c1. The highest BCUT2D eigenvalue weighted by molar-refractivity contribution is 6.28. The molecule has 2 aromatic carbocycles. The van der Waals surface area contributed by atoms with E-state index in [1.165, 1.54) is 6.20 Å². The molecule has 0 amide bonds. The first kappa shape index (κ1) is 15.1. The van der Waals surface area contributed by atoms with Crippen LogP contribution in [0.1, 0.15) is 5.56 Å². The molecule has 116 valence electrons. The largest absolute Gasteiger partial charge is 0.489 e. The van der Waals surface area contributed by atoms with Crippen LogP contribution in [-0.4, -0.2) is 9.97 Å². The van der Waals surface area contributed by atoms with Crippen LogP contribution in [0, 0.1) is 0 Å². The average Bonchev–Trinajstić information content (AvgIpc) is 2.58. The number of benzene rings is 2. The summed E-state index contributed by atoms with van der Waals surface area (Å²) in [5.41, 5.74) is 8.17. The van der Waals surface area contributed by atoms with Gasteiger partial charge in [-0.15, -0.1) is 0 Å². The van der Waals surface area contributed by atoms with Crippen LogP contribution in [-0.2, 0) is 6.61 Å². The van der Waals surface area contributed by atoms with E-state index in [2.05, 4.69) is 15.3 Å². The number of nitrogens with one attached hydrogen (secondary N) is 1. The van der Waals surface area contributed by atoms with Crippen molar-refractivity contribution in [3.05, 3.63) is 71.6 Å². The summed E-state index contributed by atoms with van der Waals surface area (Å²) in [6, 6.07) is 17.5. The van der Waals surface area contributed by atoms with Gasteiger partial charge in [-0.1, -0.05) is 36.4 Å². The van der Waals surface area contributed by atoms with Crippen LogP contribution in [0.15, 0.2) is 60.8 Å². The number of nitrogens with zero attached hydrogens (tertiary/aromatic N) is 2. The zero-order valence-electron chi connectivity index (χ0n) is 12.2. The molecular formula is C17H15ClN4O. The van der Waals surface area contributed by atoms with E-state index in [1.807, 2.05) is 54.6 Å². The molecule has 0 saturated heterocycles. The molecule has 3 aromatic rings. The van der Waals surface area contributed by atoms with Crippen LogP contribution in [0.4, 0.5) is 17.2 Å². The molecule has 3 N–H and O–H groups in total. The molecular weight excluding hydrogens is 312 g/mol. The molecule has 0 aliphatic heterocycles. The Kier molecular flexibility index (Phi) is 4.59. The number of nitrogen functional groups attached to an aromatic ring is 1. The zero-order valence-corrected chi connectivity index (χ0v) is 13.0. The van der Waals surface area contributed by atoms with Crippen molar-refractivity contribution in [1.82, 2.24) is 9.97 Å². The molecule has 1 heterocycles. The molecule has 1 aromatic heterocycles. The smallest absolute Gasteiger partial charge is 0.224 e. The van der Waals surface area contributed by atoms with E-state index < -0.39 is 0 Å². The Bertz CT molecular complexity index is 796. The quantitative estimate of drug-likeness (QED) is 0.692. The van der Waals surface area contributed by atoms with E-state index in [-0.39, 0.29) is 5.28 Å². The molecule has 5 nitrogen and oxygen atoms in total. The van der Waals surface area contributed by atoms with Crippen molar-refractivity contribution in [2.45, 2.75) is 6.61 Å². The summed E-state index contributed by atoms with van der Waals surface area (Å²) in [6.07, 6.45) is 1.47. The van der Waals surface area contributed by atoms with Crippen LogP contribution in [0.2, 0.25) is 5.28 Å². The summed E-state index contributed by atoms with van der Waals surface area (Å²) in [7, 11) is 0. The third-order valence-electron chi connectivity index (χ3n) is 3.13. The lowest BCUT2D eigenvalue weighted by Gasteiger charge is -2.11. The molecule has 0 radical (unpaired) electrons. The van der Waals surface area contributed by atoms with Crippen molar-refractivity contribution in [3.8, 4) is 5.75 Å². The van der Waals surface area contributed by atoms with E-state index in [1.54, 1.807) is 0 Å². The maximum atomic E-state index is 5.83. The predicted octanol–water partition coefficient (Wildman–Crippen LogP) is 4.03. The second-order valence-electron chi connectivity index (χ2n) is 4.87. The van der Waals surface area contributed by atoms with Gasteiger partial charge in [0.1, 0.15) is 12.4 Å². The Morgan fingerprint density at radius 1 is 1.09 bits per heavy atom. The maximum Gasteiger partial charge on any atom is 0.224 e. The second kappa shape index (κ2) is 6.98. The zero-order chi connectivity index (χ0) is 16.1. The number of hydrogen-bond donors (Lipinski definition) is 2. The summed E-state index contributed by atoms with van der Waals surface area (Å²) in [5.74, 6) is 1.21. The molecule has 0 unspecified atom stereocenters. The molecule has 0 bridgehead atoms. The normalized spacial score (nSPS) is 10.3. The van der Waals surface area contributed by atoms with Crippen molar-refractivity contribution in [3.63, 3.8) is 0 Å². The van der Waals surface area contributed by atoms with Crippen molar-refractivity contribution in [1.29, 1.82) is 0 Å². The summed E-state index contributed by atoms with van der Waals surface area (Å²) in [6.45, 7) is 0.506. The molecule has 3 rings (SSSR count). The van der Waals surface area contributed by atoms with Crippen LogP contribution in [0.5, 0.6) is 5.75 Å². The lowest BCUT2D eigenvalue weighted by atomic mass is 10.2. The Morgan fingerprint density at radius 3 is 2.74 bits per heavy atom. The Morgan fingerprint density at radius 2 is 1.91 bits per heavy atom. The van der Waals surface area contributed by atoms with Crippen LogP contribution in [0.25, 0.3) is 0 Å². The molecule has 0 aliphatic carbocycles. The second-order valence-corrected chi connectivity index (χ2v) is 5.21. The van der Waals surface area contributed by atoms with Gasteiger partial charge < -0.3 is 15.8 Å². The van der Waals surface area contributed by atoms with Gasteiger partial charge in [0, 0.05) is 11.8 Å². The first-order valence-electron chi connectivity index (χ1n) is 7.02. The number of hydrogen-bond acceptors (Lipinski definition) is 5. The van der Waals surface area contributed by atoms with Gasteiger partial charge in [0.15, 0.2) is 5.82 Å². The van der Waals surface area contributed by atoms with Crippen molar-refractivity contribution >= 4 is 28.8 Å². The van der Waals surface area contributed by atoms with Gasteiger partial charge in [0.05, 0.1) is 11.9 Å². The molecule has 23 heavy (non-hydrogen) atoms. The van der Waals surface area contributed by atoms with Crippen molar-refractivity contribution < 1.29 is 4.74 Å². The number of rotatable bonds is 5. The fraction of sp³-hybridized carbons (Fsp3) is 0.0588. The number of aromatic nitrogens is 2. The number of anilines is 3. The highest BCUT2D eigenvalue weighted by Gasteiger charge is 2.05. The highest BCUT2D eigenvalue weighted by atomic mass is 35.5. The van der Waals surface area contributed by atoms with Gasteiger partial charge >= 0.3 is 0 Å². The number of nitrogens with two attached hydrogens (primary N) is 1. The van der Waals surface area contributed by atoms with Crippen LogP contribution >= 0.6 is 11.6 Å². The summed E-state index contributed by atoms with van der Waals surface area (Å²) < 4.78 is 5.79. The summed E-state index contributed by atoms with van der Waals surface area (Å²) >= 11 is 5.79. The minimum Gasteiger partial charge on any atom is -0.489 e. The first-order chi connectivity index (χ1) is 11.2. The molecule has 0 saturated carbocycles. The fourth-order valence-electron chi connectivity index (χ4n) is 2.01. The minimum absolute atomic E-state index is 0.137. The van der Waals surface area contributed by atoms with Crippen molar-refractivity contribution in [2.24, 2.45) is 0 Å². The van der Waals surface area contributed by atoms with Gasteiger partial charge in [0.2, 0.25) is 5.28 Å². The number of halogens is 1. The minimum atomic E-state index is 0.137. The molecule has 0 aliphatic rings. The van der Waals surface area contributed by atoms with E-state index >= 15 is 0 Å². The topological polar surface area (TPSA) is 73.1 Å². The predicted molar refractivity (Wildman–Crippen MR) is 92.0 cm³/mol. The molecule has 0 atom stereocenters. The maximum absolute atomic E-state index is 5.83. The molecule has 0 fully saturated rings. The van der Waals surface area contributed by atoms with E-state index in [4.69, 9.17) is 22.1 Å². The third kappa shape index (κ3) is 4.11. The monoisotopic (exact) mass is 326 g/mol. The lowest BCUT2D eigenvalue weighted by molar-refractivity contribution is 0.306. The summed E-state index contributed by atoms with van der Waals surface area (Å²) in [5, 5.41) is 3.25. The number of ether oxygens (including phenoxy) is 1. The standard InChI is InChI=1S/C17H15ClN4O/c18-17-20-10-15(19)16(22-17)21-13-7-4-8-14(9-13)23-11-12-5-2-1-3-6-12/h1-10H,11,19H2,(H,20,21,22). The van der Waals surface area contributed by atoms with E-state index in [9.17, 15) is 0 Å². The average molecular weight is 327 g/mol.